The summed E-state index contributed by atoms with van der Waals surface area (Å²) in [6.45, 7) is 0.466. The van der Waals surface area contributed by atoms with Crippen LogP contribution < -0.4 is 10.1 Å². The molecule has 2 aliphatic rings. The summed E-state index contributed by atoms with van der Waals surface area (Å²) in [5.41, 5.74) is 2.01. The van der Waals surface area contributed by atoms with Gasteiger partial charge < -0.3 is 10.1 Å². The largest absolute Gasteiger partial charge is 0.455 e. The number of ether oxygens (including phenoxy) is 1. The summed E-state index contributed by atoms with van der Waals surface area (Å²) in [6, 6.07) is 13.0. The van der Waals surface area contributed by atoms with Crippen LogP contribution in [0.3, 0.4) is 0 Å². The van der Waals surface area contributed by atoms with E-state index in [-0.39, 0.29) is 18.1 Å². The number of hydrogen-bond acceptors (Lipinski definition) is 7. The number of nitro benzene ring substituents is 1. The van der Waals surface area contributed by atoms with Crippen LogP contribution in [0, 0.1) is 10.1 Å². The molecule has 0 aliphatic carbocycles. The van der Waals surface area contributed by atoms with Crippen LogP contribution in [0.25, 0.3) is 0 Å². The van der Waals surface area contributed by atoms with Crippen molar-refractivity contribution < 1.29 is 14.5 Å². The normalized spacial score (nSPS) is 18.0. The van der Waals surface area contributed by atoms with Crippen molar-refractivity contribution in [2.24, 2.45) is 4.99 Å². The molecule has 8 nitrogen and oxygen atoms in total. The Bertz CT molecular complexity index is 1290. The molecule has 2 aliphatic heterocycles. The molecule has 2 aromatic carbocycles. The summed E-state index contributed by atoms with van der Waals surface area (Å²) in [6.07, 6.45) is 2.26. The molecule has 0 bridgehead atoms. The molecular formula is C22H15BrCl2N4O4S. The van der Waals surface area contributed by atoms with E-state index in [2.05, 4.69) is 31.2 Å². The number of nitro groups is 1. The number of non-ortho nitro benzene ring substituents is 1. The zero-order valence-electron chi connectivity index (χ0n) is 17.2. The van der Waals surface area contributed by atoms with Gasteiger partial charge in [-0.1, -0.05) is 39.3 Å². The molecule has 34 heavy (non-hydrogen) atoms. The molecule has 12 heteroatoms. The Morgan fingerprint density at radius 2 is 1.91 bits per heavy atom. The molecule has 5 rings (SSSR count). The van der Waals surface area contributed by atoms with Gasteiger partial charge in [-0.15, -0.1) is 12.4 Å². The zero-order chi connectivity index (χ0) is 23.2. The second kappa shape index (κ2) is 9.53. The first-order valence-corrected chi connectivity index (χ1v) is 11.8. The molecule has 0 saturated carbocycles. The first kappa shape index (κ1) is 24.5. The average molecular weight is 582 g/mol. The van der Waals surface area contributed by atoms with Gasteiger partial charge in [-0.25, -0.2) is 4.98 Å². The highest BCUT2D eigenvalue weighted by Crippen LogP contribution is 2.57. The second-order valence-electron chi connectivity index (χ2n) is 7.37. The maximum absolute atomic E-state index is 12.8. The van der Waals surface area contributed by atoms with Gasteiger partial charge in [0.15, 0.2) is 10.9 Å². The number of fused-ring (bicyclic) bond motifs is 4. The van der Waals surface area contributed by atoms with Gasteiger partial charge in [0.2, 0.25) is 0 Å². The van der Waals surface area contributed by atoms with Gasteiger partial charge in [-0.05, 0) is 42.8 Å². The Labute approximate surface area is 217 Å². The first-order chi connectivity index (χ1) is 15.9. The van der Waals surface area contributed by atoms with Gasteiger partial charge >= 0.3 is 0 Å². The van der Waals surface area contributed by atoms with E-state index in [4.69, 9.17) is 16.3 Å². The number of halogens is 3. The number of amides is 1. The number of amidine groups is 1. The van der Waals surface area contributed by atoms with E-state index in [9.17, 15) is 14.9 Å². The van der Waals surface area contributed by atoms with Crippen molar-refractivity contribution in [3.05, 3.63) is 91.2 Å². The van der Waals surface area contributed by atoms with Crippen molar-refractivity contribution in [3.63, 3.8) is 0 Å². The molecule has 3 heterocycles. The van der Waals surface area contributed by atoms with Gasteiger partial charge in [-0.2, -0.15) is 0 Å². The number of nitrogens with zero attached hydrogens (tertiary/aromatic N) is 3. The Morgan fingerprint density at radius 1 is 1.18 bits per heavy atom. The van der Waals surface area contributed by atoms with Crippen LogP contribution in [0.15, 0.2) is 64.2 Å². The molecule has 0 radical (unpaired) electrons. The quantitative estimate of drug-likeness (QED) is 0.223. The van der Waals surface area contributed by atoms with E-state index in [1.54, 1.807) is 12.3 Å². The third-order valence-corrected chi connectivity index (χ3v) is 7.53. The predicted octanol–water partition coefficient (Wildman–Crippen LogP) is 6.10. The molecule has 0 fully saturated rings. The van der Waals surface area contributed by atoms with Crippen molar-refractivity contribution >= 4 is 68.5 Å². The molecule has 1 aromatic heterocycles. The SMILES string of the molecule is Cl.O=C(NC1=NCCC2(S1)c1cc(Br)ccc1Oc1cnc(Cl)cc12)c1ccc([N+](=O)[O-])cc1. The zero-order valence-corrected chi connectivity index (χ0v) is 21.1. The molecule has 0 saturated heterocycles. The fraction of sp³-hybridized carbons (Fsp3) is 0.136. The fourth-order valence-electron chi connectivity index (χ4n) is 3.90. The number of carbonyl (C=O) groups excluding carboxylic acids is 1. The minimum Gasteiger partial charge on any atom is -0.455 e. The summed E-state index contributed by atoms with van der Waals surface area (Å²) in [7, 11) is 0. The van der Waals surface area contributed by atoms with E-state index in [1.165, 1.54) is 36.0 Å². The minimum atomic E-state index is -0.598. The number of rotatable bonds is 2. The van der Waals surface area contributed by atoms with E-state index in [1.807, 2.05) is 18.2 Å². The number of carbonyl (C=O) groups is 1. The number of aliphatic imine (C=N–C) groups is 1. The lowest BCUT2D eigenvalue weighted by Gasteiger charge is -2.41. The lowest BCUT2D eigenvalue weighted by Crippen LogP contribution is -2.39. The van der Waals surface area contributed by atoms with Crippen LogP contribution in [0.2, 0.25) is 5.15 Å². The molecule has 3 aromatic rings. The van der Waals surface area contributed by atoms with E-state index in [0.717, 1.165) is 15.6 Å². The van der Waals surface area contributed by atoms with Crippen LogP contribution in [0.4, 0.5) is 5.69 Å². The molecule has 1 unspecified atom stereocenters. The number of nitrogens with one attached hydrogen (secondary N) is 1. The number of pyridine rings is 1. The summed E-state index contributed by atoms with van der Waals surface area (Å²) >= 11 is 11.2. The van der Waals surface area contributed by atoms with Crippen LogP contribution in [0.1, 0.15) is 27.9 Å². The Balaban J connectivity index is 0.00000274. The Hall–Kier alpha value is -2.66. The van der Waals surface area contributed by atoms with E-state index < -0.39 is 15.6 Å². The van der Waals surface area contributed by atoms with Crippen LogP contribution >= 0.6 is 51.7 Å². The number of thioether (sulfide) groups is 1. The van der Waals surface area contributed by atoms with Crippen molar-refractivity contribution in [1.29, 1.82) is 0 Å². The number of aromatic nitrogens is 1. The molecule has 1 spiro atoms. The van der Waals surface area contributed by atoms with Crippen molar-refractivity contribution in [2.45, 2.75) is 11.2 Å². The molecule has 1 N–H and O–H groups in total. The monoisotopic (exact) mass is 580 g/mol. The van der Waals surface area contributed by atoms with Crippen molar-refractivity contribution in [3.8, 4) is 11.5 Å². The Morgan fingerprint density at radius 3 is 2.65 bits per heavy atom. The first-order valence-electron chi connectivity index (χ1n) is 9.79. The summed E-state index contributed by atoms with van der Waals surface area (Å²) in [4.78, 5) is 31.9. The summed E-state index contributed by atoms with van der Waals surface area (Å²) < 4.78 is 6.39. The number of hydrogen-bond donors (Lipinski definition) is 1. The minimum absolute atomic E-state index is 0. The molecule has 1 amide bonds. The third kappa shape index (κ3) is 4.38. The molecule has 1 atom stereocenters. The van der Waals surface area contributed by atoms with Gasteiger partial charge in [-0.3, -0.25) is 19.9 Å². The van der Waals surface area contributed by atoms with E-state index in [0.29, 0.717) is 40.3 Å². The van der Waals surface area contributed by atoms with Gasteiger partial charge in [0.05, 0.1) is 15.9 Å². The maximum Gasteiger partial charge on any atom is 0.269 e. The van der Waals surface area contributed by atoms with Crippen molar-refractivity contribution in [1.82, 2.24) is 10.3 Å². The average Bonchev–Trinajstić information content (AvgIpc) is 2.81. The smallest absolute Gasteiger partial charge is 0.269 e. The van der Waals surface area contributed by atoms with Gasteiger partial charge in [0.1, 0.15) is 10.9 Å². The van der Waals surface area contributed by atoms with Crippen molar-refractivity contribution in [2.75, 3.05) is 6.54 Å². The highest BCUT2D eigenvalue weighted by molar-refractivity contribution is 9.10. The van der Waals surface area contributed by atoms with Gasteiger partial charge in [0, 0.05) is 39.8 Å². The molecule has 174 valence electrons. The van der Waals surface area contributed by atoms with Gasteiger partial charge in [0.25, 0.3) is 11.6 Å². The van der Waals surface area contributed by atoms with Crippen LogP contribution in [0.5, 0.6) is 11.5 Å². The lowest BCUT2D eigenvalue weighted by molar-refractivity contribution is -0.384. The third-order valence-electron chi connectivity index (χ3n) is 5.42. The highest BCUT2D eigenvalue weighted by atomic mass is 79.9. The van der Waals surface area contributed by atoms with Crippen LogP contribution in [-0.2, 0) is 4.75 Å². The number of benzene rings is 2. The maximum atomic E-state index is 12.8. The summed E-state index contributed by atoms with van der Waals surface area (Å²) in [5, 5.41) is 14.5. The highest BCUT2D eigenvalue weighted by Gasteiger charge is 2.46. The standard InChI is InChI=1S/C22H14BrClN4O4S.ClH/c23-13-3-6-17-15(9-13)22(16-10-19(24)26-11-18(16)32-17)7-8-25-21(33-22)27-20(29)12-1-4-14(5-2-12)28(30)31;/h1-6,9-11H,7-8H2,(H,25,27,29);1H. The second-order valence-corrected chi connectivity index (χ2v) is 9.96. The fourth-order valence-corrected chi connectivity index (χ4v) is 5.78. The lowest BCUT2D eigenvalue weighted by atomic mass is 9.85. The van der Waals surface area contributed by atoms with E-state index >= 15 is 0 Å². The topological polar surface area (TPSA) is 107 Å². The van der Waals surface area contributed by atoms with Crippen LogP contribution in [-0.4, -0.2) is 27.5 Å². The predicted molar refractivity (Wildman–Crippen MR) is 137 cm³/mol. The molecular weight excluding hydrogens is 567 g/mol. The summed E-state index contributed by atoms with van der Waals surface area (Å²) in [5.74, 6) is 0.901. The Kier molecular flexibility index (Phi) is 6.86.